The molecule has 0 amide bonds. The average molecular weight is 373 g/mol. The van der Waals surface area contributed by atoms with Crippen molar-refractivity contribution in [2.45, 2.75) is 58.9 Å². The fraction of sp³-hybridized carbons (Fsp3) is 0.944. The maximum Gasteiger partial charge on any atom is 0.211 e. The maximum absolute atomic E-state index is 11.6. The summed E-state index contributed by atoms with van der Waals surface area (Å²) in [5.74, 6) is 2.84. The van der Waals surface area contributed by atoms with E-state index in [1.54, 1.807) is 4.31 Å². The second-order valence-corrected chi connectivity index (χ2v) is 9.98. The van der Waals surface area contributed by atoms with E-state index in [0.717, 1.165) is 30.8 Å². The van der Waals surface area contributed by atoms with Gasteiger partial charge in [0.1, 0.15) is 0 Å². The highest BCUT2D eigenvalue weighted by atomic mass is 32.2. The summed E-state index contributed by atoms with van der Waals surface area (Å²) in [5.41, 5.74) is 0. The molecule has 0 aromatic rings. The summed E-state index contributed by atoms with van der Waals surface area (Å²) in [6, 6.07) is 0.504. The molecule has 0 bridgehead atoms. The number of nitrogens with zero attached hydrogens (tertiary/aromatic N) is 2. The van der Waals surface area contributed by atoms with Crippen molar-refractivity contribution in [2.75, 3.05) is 32.4 Å². The van der Waals surface area contributed by atoms with Gasteiger partial charge in [0.25, 0.3) is 0 Å². The Labute approximate surface area is 153 Å². The third-order valence-corrected chi connectivity index (χ3v) is 6.89. The minimum absolute atomic E-state index is 0.321. The zero-order chi connectivity index (χ0) is 18.4. The van der Waals surface area contributed by atoms with Gasteiger partial charge in [-0.2, -0.15) is 0 Å². The van der Waals surface area contributed by atoms with E-state index < -0.39 is 10.0 Å². The second kappa shape index (κ2) is 9.21. The van der Waals surface area contributed by atoms with Gasteiger partial charge in [-0.3, -0.25) is 4.99 Å². The lowest BCUT2D eigenvalue weighted by atomic mass is 9.80. The van der Waals surface area contributed by atoms with Gasteiger partial charge in [0.2, 0.25) is 10.0 Å². The molecule has 0 aromatic carbocycles. The Morgan fingerprint density at radius 2 is 1.88 bits per heavy atom. The summed E-state index contributed by atoms with van der Waals surface area (Å²) in [6.45, 7) is 9.48. The van der Waals surface area contributed by atoms with Crippen molar-refractivity contribution in [3.05, 3.63) is 0 Å². The SMILES string of the molecule is CCNC(=NCC1CCN(S(C)(=O)=O)C1)NC1CCC(C(C)C)CC1. The smallest absolute Gasteiger partial charge is 0.211 e. The van der Waals surface area contributed by atoms with E-state index in [0.29, 0.717) is 31.6 Å². The molecule has 2 N–H and O–H groups in total. The van der Waals surface area contributed by atoms with Gasteiger partial charge in [0.05, 0.1) is 6.26 Å². The van der Waals surface area contributed by atoms with Crippen molar-refractivity contribution < 1.29 is 8.42 Å². The van der Waals surface area contributed by atoms with Crippen LogP contribution in [-0.4, -0.2) is 57.2 Å². The summed E-state index contributed by atoms with van der Waals surface area (Å²) in [5, 5.41) is 6.93. The van der Waals surface area contributed by atoms with Crippen molar-refractivity contribution in [2.24, 2.45) is 22.7 Å². The predicted octanol–water partition coefficient (Wildman–Crippen LogP) is 2.04. The predicted molar refractivity (Wildman–Crippen MR) is 104 cm³/mol. The molecule has 1 aliphatic heterocycles. The topological polar surface area (TPSA) is 73.8 Å². The molecule has 1 heterocycles. The Bertz CT molecular complexity index is 539. The third kappa shape index (κ3) is 6.44. The average Bonchev–Trinajstić information content (AvgIpc) is 3.02. The zero-order valence-electron chi connectivity index (χ0n) is 16.3. The molecule has 1 aliphatic carbocycles. The first-order chi connectivity index (χ1) is 11.8. The highest BCUT2D eigenvalue weighted by Crippen LogP contribution is 2.29. The molecule has 1 unspecified atom stereocenters. The lowest BCUT2D eigenvalue weighted by Crippen LogP contribution is -2.45. The third-order valence-electron chi connectivity index (χ3n) is 5.62. The summed E-state index contributed by atoms with van der Waals surface area (Å²) in [6.07, 6.45) is 7.19. The van der Waals surface area contributed by atoms with Crippen molar-refractivity contribution in [1.82, 2.24) is 14.9 Å². The van der Waals surface area contributed by atoms with Crippen LogP contribution in [0.15, 0.2) is 4.99 Å². The molecule has 6 nitrogen and oxygen atoms in total. The van der Waals surface area contributed by atoms with E-state index in [9.17, 15) is 8.42 Å². The Morgan fingerprint density at radius 1 is 1.20 bits per heavy atom. The van der Waals surface area contributed by atoms with Crippen LogP contribution in [0.5, 0.6) is 0 Å². The molecule has 2 rings (SSSR count). The van der Waals surface area contributed by atoms with Crippen LogP contribution in [0.4, 0.5) is 0 Å². The van der Waals surface area contributed by atoms with Gasteiger partial charge >= 0.3 is 0 Å². The standard InChI is InChI=1S/C18H36N4O2S/c1-5-19-18(21-17-8-6-16(7-9-17)14(2)3)20-12-15-10-11-22(13-15)25(4,23)24/h14-17H,5-13H2,1-4H3,(H2,19,20,21). The van der Waals surface area contributed by atoms with Crippen LogP contribution in [0, 0.1) is 17.8 Å². The van der Waals surface area contributed by atoms with Gasteiger partial charge < -0.3 is 10.6 Å². The summed E-state index contributed by atoms with van der Waals surface area (Å²) < 4.78 is 24.8. The van der Waals surface area contributed by atoms with Gasteiger partial charge in [0, 0.05) is 32.2 Å². The Morgan fingerprint density at radius 3 is 2.40 bits per heavy atom. The normalized spacial score (nSPS) is 29.2. The largest absolute Gasteiger partial charge is 0.357 e. The molecule has 25 heavy (non-hydrogen) atoms. The van der Waals surface area contributed by atoms with Gasteiger partial charge in [-0.1, -0.05) is 13.8 Å². The molecule has 146 valence electrons. The van der Waals surface area contributed by atoms with Gasteiger partial charge in [-0.15, -0.1) is 0 Å². The molecule has 0 aromatic heterocycles. The molecule has 2 fully saturated rings. The molecular formula is C18H36N4O2S. The highest BCUT2D eigenvalue weighted by Gasteiger charge is 2.28. The van der Waals surface area contributed by atoms with Crippen LogP contribution in [-0.2, 0) is 10.0 Å². The molecule has 0 spiro atoms. The molecule has 2 aliphatic rings. The van der Waals surface area contributed by atoms with Gasteiger partial charge in [-0.05, 0) is 56.8 Å². The number of hydrogen-bond donors (Lipinski definition) is 2. The summed E-state index contributed by atoms with van der Waals surface area (Å²) >= 11 is 0. The first-order valence-electron chi connectivity index (χ1n) is 9.79. The van der Waals surface area contributed by atoms with Crippen molar-refractivity contribution in [3.8, 4) is 0 Å². The Balaban J connectivity index is 1.83. The number of hydrogen-bond acceptors (Lipinski definition) is 3. The number of guanidine groups is 1. The van der Waals surface area contributed by atoms with Crippen LogP contribution in [0.2, 0.25) is 0 Å². The van der Waals surface area contributed by atoms with E-state index >= 15 is 0 Å². The van der Waals surface area contributed by atoms with Crippen LogP contribution in [0.3, 0.4) is 0 Å². The zero-order valence-corrected chi connectivity index (χ0v) is 17.1. The monoisotopic (exact) mass is 372 g/mol. The fourth-order valence-corrected chi connectivity index (χ4v) is 4.83. The minimum atomic E-state index is -3.07. The molecule has 0 radical (unpaired) electrons. The molecule has 1 saturated carbocycles. The lowest BCUT2D eigenvalue weighted by molar-refractivity contribution is 0.250. The number of aliphatic imine (C=N–C) groups is 1. The Hall–Kier alpha value is -0.820. The fourth-order valence-electron chi connectivity index (χ4n) is 3.91. The number of rotatable bonds is 6. The molecule has 1 saturated heterocycles. The van der Waals surface area contributed by atoms with E-state index in [-0.39, 0.29) is 0 Å². The van der Waals surface area contributed by atoms with Crippen molar-refractivity contribution in [3.63, 3.8) is 0 Å². The van der Waals surface area contributed by atoms with Crippen LogP contribution in [0.1, 0.15) is 52.9 Å². The van der Waals surface area contributed by atoms with Crippen LogP contribution in [0.25, 0.3) is 0 Å². The van der Waals surface area contributed by atoms with Crippen LogP contribution < -0.4 is 10.6 Å². The van der Waals surface area contributed by atoms with E-state index in [2.05, 4.69) is 31.4 Å². The van der Waals surface area contributed by atoms with E-state index in [1.807, 2.05) is 0 Å². The van der Waals surface area contributed by atoms with Gasteiger partial charge in [-0.25, -0.2) is 12.7 Å². The first-order valence-corrected chi connectivity index (χ1v) is 11.6. The molecular weight excluding hydrogens is 336 g/mol. The second-order valence-electron chi connectivity index (χ2n) is 8.00. The number of nitrogens with one attached hydrogen (secondary N) is 2. The van der Waals surface area contributed by atoms with Gasteiger partial charge in [0.15, 0.2) is 5.96 Å². The van der Waals surface area contributed by atoms with Crippen molar-refractivity contribution in [1.29, 1.82) is 0 Å². The summed E-state index contributed by atoms with van der Waals surface area (Å²) in [4.78, 5) is 4.73. The quantitative estimate of drug-likeness (QED) is 0.553. The molecule has 7 heteroatoms. The van der Waals surface area contributed by atoms with Crippen LogP contribution >= 0.6 is 0 Å². The Kier molecular flexibility index (Phi) is 7.55. The first kappa shape index (κ1) is 20.5. The number of sulfonamides is 1. The van der Waals surface area contributed by atoms with Crippen molar-refractivity contribution >= 4 is 16.0 Å². The maximum atomic E-state index is 11.6. The highest BCUT2D eigenvalue weighted by molar-refractivity contribution is 7.88. The van der Waals surface area contributed by atoms with E-state index in [1.165, 1.54) is 31.9 Å². The van der Waals surface area contributed by atoms with E-state index in [4.69, 9.17) is 4.99 Å². The summed E-state index contributed by atoms with van der Waals surface area (Å²) in [7, 11) is -3.07. The lowest BCUT2D eigenvalue weighted by Gasteiger charge is -2.32. The minimum Gasteiger partial charge on any atom is -0.357 e. The molecule has 1 atom stereocenters.